The minimum Gasteiger partial charge on any atom is -0.375 e. The molecule has 0 aliphatic rings. The van der Waals surface area contributed by atoms with Gasteiger partial charge in [0.05, 0.1) is 23.5 Å². The Labute approximate surface area is 177 Å². The maximum Gasteiger partial charge on any atom is 0.405 e. The van der Waals surface area contributed by atoms with Crippen molar-refractivity contribution < 1.29 is 18.0 Å². The molecule has 1 aromatic carbocycles. The zero-order valence-electron chi connectivity index (χ0n) is 17.6. The summed E-state index contributed by atoms with van der Waals surface area (Å²) in [6, 6.07) is 8.11. The molecule has 2 heterocycles. The van der Waals surface area contributed by atoms with Gasteiger partial charge in [0.15, 0.2) is 0 Å². The van der Waals surface area contributed by atoms with E-state index in [-0.39, 0.29) is 23.7 Å². The molecule has 0 spiro atoms. The van der Waals surface area contributed by atoms with Crippen LogP contribution in [0.15, 0.2) is 30.3 Å². The highest BCUT2D eigenvalue weighted by Gasteiger charge is 2.27. The van der Waals surface area contributed by atoms with E-state index in [0.29, 0.717) is 17.2 Å². The zero-order valence-corrected chi connectivity index (χ0v) is 17.6. The fourth-order valence-corrected chi connectivity index (χ4v) is 3.22. The largest absolute Gasteiger partial charge is 0.405 e. The molecule has 1 amide bonds. The van der Waals surface area contributed by atoms with Gasteiger partial charge in [-0.3, -0.25) is 4.79 Å². The van der Waals surface area contributed by atoms with Crippen LogP contribution in [0, 0.1) is 27.7 Å². The fourth-order valence-electron chi connectivity index (χ4n) is 3.22. The molecule has 0 saturated heterocycles. The third-order valence-electron chi connectivity index (χ3n) is 4.62. The highest BCUT2D eigenvalue weighted by molar-refractivity contribution is 5.95. The second-order valence-corrected chi connectivity index (χ2v) is 7.25. The maximum absolute atomic E-state index is 12.7. The maximum atomic E-state index is 12.7. The Bertz CT molecular complexity index is 1090. The quantitative estimate of drug-likeness (QED) is 0.614. The number of amides is 1. The summed E-state index contributed by atoms with van der Waals surface area (Å²) in [5.41, 5.74) is 4.16. The van der Waals surface area contributed by atoms with E-state index < -0.39 is 12.7 Å². The average molecular weight is 432 g/mol. The molecule has 3 aromatic rings. The van der Waals surface area contributed by atoms with Gasteiger partial charge in [-0.2, -0.15) is 18.3 Å². The topological polar surface area (TPSA) is 84.7 Å². The van der Waals surface area contributed by atoms with Crippen molar-refractivity contribution in [2.45, 2.75) is 40.3 Å². The third kappa shape index (κ3) is 5.59. The van der Waals surface area contributed by atoms with Crippen LogP contribution in [0.1, 0.15) is 28.3 Å². The van der Waals surface area contributed by atoms with Crippen molar-refractivity contribution in [3.63, 3.8) is 0 Å². The molecule has 0 bridgehead atoms. The molecule has 0 radical (unpaired) electrons. The number of aromatic nitrogens is 4. The number of hydrogen-bond donors (Lipinski definition) is 2. The first-order chi connectivity index (χ1) is 14.5. The molecule has 31 heavy (non-hydrogen) atoms. The molecule has 164 valence electrons. The minimum atomic E-state index is -4.36. The van der Waals surface area contributed by atoms with Gasteiger partial charge in [0.25, 0.3) is 5.95 Å². The molecular formula is C21H23F3N6O. The van der Waals surface area contributed by atoms with Crippen LogP contribution in [0.5, 0.6) is 0 Å². The van der Waals surface area contributed by atoms with Gasteiger partial charge in [-0.05, 0) is 45.9 Å². The van der Waals surface area contributed by atoms with Crippen molar-refractivity contribution in [3.05, 3.63) is 58.7 Å². The summed E-state index contributed by atoms with van der Waals surface area (Å²) < 4.78 is 39.2. The lowest BCUT2D eigenvalue weighted by atomic mass is 10.1. The van der Waals surface area contributed by atoms with E-state index in [1.54, 1.807) is 29.8 Å². The van der Waals surface area contributed by atoms with Gasteiger partial charge in [-0.25, -0.2) is 14.6 Å². The van der Waals surface area contributed by atoms with Crippen LogP contribution in [0.2, 0.25) is 0 Å². The molecule has 0 atom stereocenters. The van der Waals surface area contributed by atoms with Crippen molar-refractivity contribution in [1.29, 1.82) is 0 Å². The predicted octanol–water partition coefficient (Wildman–Crippen LogP) is 4.05. The Morgan fingerprint density at radius 3 is 2.26 bits per heavy atom. The molecule has 0 aliphatic carbocycles. The SMILES string of the molecule is Cc1cc(C)nc(-n2nc(C)c(CC(=O)Nc3ccccc3NCC(F)(F)F)c2C)n1. The van der Waals surface area contributed by atoms with Crippen LogP contribution >= 0.6 is 0 Å². The van der Waals surface area contributed by atoms with Gasteiger partial charge in [0, 0.05) is 22.6 Å². The monoisotopic (exact) mass is 432 g/mol. The lowest BCUT2D eigenvalue weighted by Gasteiger charge is -2.14. The number of nitrogens with zero attached hydrogens (tertiary/aromatic N) is 4. The summed E-state index contributed by atoms with van der Waals surface area (Å²) in [7, 11) is 0. The van der Waals surface area contributed by atoms with Crippen LogP contribution < -0.4 is 10.6 Å². The smallest absolute Gasteiger partial charge is 0.375 e. The van der Waals surface area contributed by atoms with E-state index in [1.165, 1.54) is 6.07 Å². The lowest BCUT2D eigenvalue weighted by molar-refractivity contribution is -0.116. The van der Waals surface area contributed by atoms with Crippen molar-refractivity contribution in [2.24, 2.45) is 0 Å². The number of nitrogens with one attached hydrogen (secondary N) is 2. The number of alkyl halides is 3. The molecule has 0 aliphatic heterocycles. The van der Waals surface area contributed by atoms with Crippen molar-refractivity contribution >= 4 is 17.3 Å². The van der Waals surface area contributed by atoms with Crippen LogP contribution in [-0.4, -0.2) is 38.4 Å². The molecule has 0 fully saturated rings. The molecule has 10 heteroatoms. The van der Waals surface area contributed by atoms with Crippen LogP contribution in [0.3, 0.4) is 0 Å². The van der Waals surface area contributed by atoms with Crippen LogP contribution in [-0.2, 0) is 11.2 Å². The molecular weight excluding hydrogens is 409 g/mol. The molecule has 0 unspecified atom stereocenters. The van der Waals surface area contributed by atoms with E-state index in [2.05, 4.69) is 25.7 Å². The minimum absolute atomic E-state index is 0.00999. The number of carbonyl (C=O) groups is 1. The number of halogens is 3. The van der Waals surface area contributed by atoms with Gasteiger partial charge in [-0.15, -0.1) is 0 Å². The summed E-state index contributed by atoms with van der Waals surface area (Å²) in [5, 5.41) is 9.46. The summed E-state index contributed by atoms with van der Waals surface area (Å²) in [5.74, 6) is 0.0554. The Morgan fingerprint density at radius 1 is 1.03 bits per heavy atom. The number of aryl methyl sites for hydroxylation is 3. The summed E-state index contributed by atoms with van der Waals surface area (Å²) in [6.07, 6.45) is -4.35. The molecule has 2 aromatic heterocycles. The third-order valence-corrected chi connectivity index (χ3v) is 4.62. The zero-order chi connectivity index (χ0) is 22.8. The predicted molar refractivity (Wildman–Crippen MR) is 111 cm³/mol. The van der Waals surface area contributed by atoms with Crippen LogP contribution in [0.25, 0.3) is 5.95 Å². The van der Waals surface area contributed by atoms with Gasteiger partial charge < -0.3 is 10.6 Å². The normalized spacial score (nSPS) is 11.5. The van der Waals surface area contributed by atoms with Crippen molar-refractivity contribution in [1.82, 2.24) is 19.7 Å². The number of rotatable bonds is 6. The number of para-hydroxylation sites is 2. The first kappa shape index (κ1) is 22.3. The van der Waals surface area contributed by atoms with Crippen molar-refractivity contribution in [3.8, 4) is 5.95 Å². The Morgan fingerprint density at radius 2 is 1.65 bits per heavy atom. The van der Waals surface area contributed by atoms with Gasteiger partial charge in [0.1, 0.15) is 6.54 Å². The Balaban J connectivity index is 1.79. The van der Waals surface area contributed by atoms with Crippen molar-refractivity contribution in [2.75, 3.05) is 17.2 Å². The van der Waals surface area contributed by atoms with Gasteiger partial charge >= 0.3 is 6.18 Å². The average Bonchev–Trinajstić information content (AvgIpc) is 2.94. The first-order valence-corrected chi connectivity index (χ1v) is 9.61. The van der Waals surface area contributed by atoms with E-state index >= 15 is 0 Å². The highest BCUT2D eigenvalue weighted by Crippen LogP contribution is 2.24. The number of hydrogen-bond acceptors (Lipinski definition) is 5. The van der Waals surface area contributed by atoms with Crippen LogP contribution in [0.4, 0.5) is 24.5 Å². The highest BCUT2D eigenvalue weighted by atomic mass is 19.4. The van der Waals surface area contributed by atoms with E-state index in [4.69, 9.17) is 0 Å². The molecule has 0 saturated carbocycles. The lowest BCUT2D eigenvalue weighted by Crippen LogP contribution is -2.22. The number of carbonyl (C=O) groups excluding carboxylic acids is 1. The molecule has 2 N–H and O–H groups in total. The summed E-state index contributed by atoms with van der Waals surface area (Å²) in [6.45, 7) is 6.14. The summed E-state index contributed by atoms with van der Waals surface area (Å²) >= 11 is 0. The standard InChI is InChI=1S/C21H23F3N6O/c1-12-9-13(2)27-20(26-12)30-15(4)16(14(3)29-30)10-19(31)28-18-8-6-5-7-17(18)25-11-21(22,23)24/h5-9,25H,10-11H2,1-4H3,(H,28,31). The molecule has 3 rings (SSSR count). The Kier molecular flexibility index (Phi) is 6.28. The molecule has 7 nitrogen and oxygen atoms in total. The Hall–Kier alpha value is -3.43. The first-order valence-electron chi connectivity index (χ1n) is 9.61. The summed E-state index contributed by atoms with van der Waals surface area (Å²) in [4.78, 5) is 21.5. The second-order valence-electron chi connectivity index (χ2n) is 7.25. The van der Waals surface area contributed by atoms with Gasteiger partial charge in [-0.1, -0.05) is 12.1 Å². The number of benzene rings is 1. The van der Waals surface area contributed by atoms with E-state index in [9.17, 15) is 18.0 Å². The van der Waals surface area contributed by atoms with Gasteiger partial charge in [0.2, 0.25) is 5.91 Å². The number of anilines is 2. The van der Waals surface area contributed by atoms with E-state index in [1.807, 2.05) is 26.8 Å². The second kappa shape index (κ2) is 8.75. The van der Waals surface area contributed by atoms with E-state index in [0.717, 1.165) is 17.1 Å². The fraction of sp³-hybridized carbons (Fsp3) is 0.333.